The van der Waals surface area contributed by atoms with Crippen LogP contribution in [-0.4, -0.2) is 23.2 Å². The Morgan fingerprint density at radius 1 is 0.528 bits per heavy atom. The maximum Gasteiger partial charge on any atom is 0.0701 e. The van der Waals surface area contributed by atoms with E-state index in [1.54, 1.807) is 31.5 Å². The van der Waals surface area contributed by atoms with Gasteiger partial charge < -0.3 is 0 Å². The molecule has 0 fully saturated rings. The molecule has 0 unspecified atom stereocenters. The highest BCUT2D eigenvalue weighted by Crippen LogP contribution is 2.42. The van der Waals surface area contributed by atoms with Crippen molar-refractivity contribution in [2.75, 3.05) is 7.05 Å². The van der Waals surface area contributed by atoms with Crippen LogP contribution in [0.2, 0.25) is 0 Å². The molecule has 0 saturated heterocycles. The molecule has 2 heterocycles. The van der Waals surface area contributed by atoms with Gasteiger partial charge in [-0.3, -0.25) is 15.0 Å². The normalized spacial score (nSPS) is 11.9. The van der Waals surface area contributed by atoms with Crippen molar-refractivity contribution in [2.45, 2.75) is 0 Å². The number of hydrogen-bond acceptors (Lipinski definition) is 3. The Morgan fingerprint density at radius 3 is 1.60 bits per heavy atom. The van der Waals surface area contributed by atoms with E-state index < -0.39 is 0 Å². The fourth-order valence-corrected chi connectivity index (χ4v) is 6.88. The summed E-state index contributed by atoms with van der Waals surface area (Å²) < 4.78 is 0. The minimum absolute atomic E-state index is 0.987. The molecule has 6 aromatic carbocycles. The quantitative estimate of drug-likeness (QED) is 0.0864. The smallest absolute Gasteiger partial charge is 0.0701 e. The van der Waals surface area contributed by atoms with Crippen LogP contribution in [-0.2, 0) is 0 Å². The number of aromatic nitrogens is 2. The second-order valence-electron chi connectivity index (χ2n) is 12.6. The molecule has 0 atom stereocenters. The second-order valence-corrected chi connectivity index (χ2v) is 12.6. The molecule has 254 valence electrons. The minimum atomic E-state index is 0.987. The molecular weight excluding hydrogens is 643 g/mol. The highest BCUT2D eigenvalue weighted by atomic mass is 14.7. The van der Waals surface area contributed by atoms with E-state index in [0.29, 0.717) is 0 Å². The third-order valence-corrected chi connectivity index (χ3v) is 9.49. The first-order chi connectivity index (χ1) is 26.1. The van der Waals surface area contributed by atoms with E-state index in [2.05, 4.69) is 144 Å². The predicted octanol–water partition coefficient (Wildman–Crippen LogP) is 13.1. The van der Waals surface area contributed by atoms with Gasteiger partial charge >= 0.3 is 0 Å². The summed E-state index contributed by atoms with van der Waals surface area (Å²) in [6.07, 6.45) is 16.3. The van der Waals surface area contributed by atoms with Gasteiger partial charge in [-0.25, -0.2) is 0 Å². The zero-order chi connectivity index (χ0) is 36.6. The third-order valence-electron chi connectivity index (χ3n) is 9.49. The summed E-state index contributed by atoms with van der Waals surface area (Å²) in [6.45, 7) is 11.0. The fraction of sp³-hybridized carbons (Fsp3) is 0.0200. The molecule has 53 heavy (non-hydrogen) atoms. The van der Waals surface area contributed by atoms with E-state index in [1.807, 2.05) is 48.9 Å². The Morgan fingerprint density at radius 2 is 1.09 bits per heavy atom. The molecule has 0 aliphatic rings. The van der Waals surface area contributed by atoms with Gasteiger partial charge in [0.25, 0.3) is 0 Å². The van der Waals surface area contributed by atoms with E-state index in [9.17, 15) is 0 Å². The predicted molar refractivity (Wildman–Crippen MR) is 229 cm³/mol. The van der Waals surface area contributed by atoms with Crippen LogP contribution < -0.4 is 0 Å². The SMILES string of the molecule is C=C/C=C(C=C)/C(C=C)=C/C=NC.c1ccc(-c2ccc(-c3ccc4ccc5c(-c6ccc(-c7cccnc7)cc6)ccc6ccc3c4c65)cc2)nc1. The van der Waals surface area contributed by atoms with Gasteiger partial charge in [0.2, 0.25) is 0 Å². The number of pyridine rings is 2. The van der Waals surface area contributed by atoms with E-state index in [1.165, 1.54) is 60.1 Å². The van der Waals surface area contributed by atoms with Crippen molar-refractivity contribution in [1.82, 2.24) is 9.97 Å². The Balaban J connectivity index is 0.000000289. The van der Waals surface area contributed by atoms with Gasteiger partial charge in [-0.2, -0.15) is 0 Å². The maximum absolute atomic E-state index is 4.51. The van der Waals surface area contributed by atoms with Crippen LogP contribution in [0.4, 0.5) is 0 Å². The molecule has 0 radical (unpaired) electrons. The Hall–Kier alpha value is -6.97. The summed E-state index contributed by atoms with van der Waals surface area (Å²) in [5, 5.41) is 7.76. The molecule has 0 saturated carbocycles. The van der Waals surface area contributed by atoms with Gasteiger partial charge in [-0.15, -0.1) is 0 Å². The first-order valence-electron chi connectivity index (χ1n) is 17.6. The molecule has 3 heteroatoms. The van der Waals surface area contributed by atoms with E-state index >= 15 is 0 Å². The molecule has 8 aromatic rings. The minimum Gasteiger partial charge on any atom is -0.296 e. The first kappa shape index (κ1) is 34.5. The van der Waals surface area contributed by atoms with Crippen LogP contribution in [0.5, 0.6) is 0 Å². The summed E-state index contributed by atoms with van der Waals surface area (Å²) >= 11 is 0. The maximum atomic E-state index is 4.51. The third kappa shape index (κ3) is 7.14. The first-order valence-corrected chi connectivity index (χ1v) is 17.6. The zero-order valence-corrected chi connectivity index (χ0v) is 29.8. The number of hydrogen-bond donors (Lipinski definition) is 0. The zero-order valence-electron chi connectivity index (χ0n) is 29.8. The van der Waals surface area contributed by atoms with Gasteiger partial charge in [-0.05, 0) is 101 Å². The lowest BCUT2D eigenvalue weighted by Gasteiger charge is -2.17. The number of allylic oxidation sites excluding steroid dienone is 7. The van der Waals surface area contributed by atoms with Crippen LogP contribution in [0, 0.1) is 0 Å². The van der Waals surface area contributed by atoms with Gasteiger partial charge in [0.1, 0.15) is 0 Å². The van der Waals surface area contributed by atoms with Crippen LogP contribution in [0.1, 0.15) is 0 Å². The number of aliphatic imine (C=N–C) groups is 1. The monoisotopic (exact) mass is 681 g/mol. The molecular formula is C50H39N3. The van der Waals surface area contributed by atoms with Crippen LogP contribution in [0.15, 0.2) is 212 Å². The van der Waals surface area contributed by atoms with Crippen molar-refractivity contribution < 1.29 is 0 Å². The fourth-order valence-electron chi connectivity index (χ4n) is 6.88. The second kappa shape index (κ2) is 15.9. The van der Waals surface area contributed by atoms with E-state index in [0.717, 1.165) is 28.0 Å². The van der Waals surface area contributed by atoms with Crippen molar-refractivity contribution in [3.8, 4) is 44.6 Å². The standard InChI is InChI=1S/C38H24N2.C12H15N/c1-2-23-40-36(5-1)28-12-10-27(11-13-28)33-19-15-30-16-20-34-32(18-14-29-17-21-35(33)38(30)37(29)34)26-8-6-25(7-9-26)31-4-3-22-39-24-31;1-5-8-11(6-2)12(7-3)9-10-13-4/h1-24H;5-10H,1-3H2,4H3/b;11-8+,12-9+,13-10?. The van der Waals surface area contributed by atoms with E-state index in [-0.39, 0.29) is 0 Å². The summed E-state index contributed by atoms with van der Waals surface area (Å²) in [5.41, 5.74) is 11.3. The molecule has 0 N–H and O–H groups in total. The topological polar surface area (TPSA) is 38.1 Å². The molecule has 3 nitrogen and oxygen atoms in total. The number of nitrogens with zero attached hydrogens (tertiary/aromatic N) is 3. The van der Waals surface area contributed by atoms with Gasteiger partial charge in [0.15, 0.2) is 0 Å². The average molecular weight is 682 g/mol. The molecule has 0 spiro atoms. The highest BCUT2D eigenvalue weighted by Gasteiger charge is 2.15. The van der Waals surface area contributed by atoms with Crippen molar-refractivity contribution in [3.63, 3.8) is 0 Å². The number of rotatable bonds is 9. The molecule has 8 rings (SSSR count). The summed E-state index contributed by atoms with van der Waals surface area (Å²) in [6, 6.07) is 45.9. The van der Waals surface area contributed by atoms with Crippen molar-refractivity contribution >= 4 is 38.5 Å². The summed E-state index contributed by atoms with van der Waals surface area (Å²) in [5.74, 6) is 0. The lowest BCUT2D eigenvalue weighted by atomic mass is 9.87. The lowest BCUT2D eigenvalue weighted by Crippen LogP contribution is -1.90. The van der Waals surface area contributed by atoms with Crippen LogP contribution >= 0.6 is 0 Å². The molecule has 2 aromatic heterocycles. The van der Waals surface area contributed by atoms with Crippen LogP contribution in [0.3, 0.4) is 0 Å². The van der Waals surface area contributed by atoms with E-state index in [4.69, 9.17) is 0 Å². The summed E-state index contributed by atoms with van der Waals surface area (Å²) in [7, 11) is 1.72. The largest absolute Gasteiger partial charge is 0.296 e. The van der Waals surface area contributed by atoms with Gasteiger partial charge in [0.05, 0.1) is 5.69 Å². The van der Waals surface area contributed by atoms with Gasteiger partial charge in [-0.1, -0.05) is 153 Å². The molecule has 0 aliphatic carbocycles. The molecule has 0 amide bonds. The molecule has 0 bridgehead atoms. The average Bonchev–Trinajstić information content (AvgIpc) is 3.23. The van der Waals surface area contributed by atoms with Crippen molar-refractivity contribution in [1.29, 1.82) is 0 Å². The highest BCUT2D eigenvalue weighted by molar-refractivity contribution is 6.27. The Labute approximate surface area is 311 Å². The van der Waals surface area contributed by atoms with Crippen LogP contribution in [0.25, 0.3) is 77.0 Å². The Kier molecular flexibility index (Phi) is 10.4. The van der Waals surface area contributed by atoms with Crippen molar-refractivity contribution in [2.24, 2.45) is 4.99 Å². The summed E-state index contributed by atoms with van der Waals surface area (Å²) in [4.78, 5) is 12.6. The van der Waals surface area contributed by atoms with Gasteiger partial charge in [0, 0.05) is 37.4 Å². The lowest BCUT2D eigenvalue weighted by molar-refractivity contribution is 1.33. The molecule has 0 aliphatic heterocycles. The Bertz CT molecular complexity index is 2470. The van der Waals surface area contributed by atoms with Crippen molar-refractivity contribution in [3.05, 3.63) is 207 Å². The number of benzene rings is 6.